The molecule has 0 bridgehead atoms. The van der Waals surface area contributed by atoms with E-state index in [4.69, 9.17) is 0 Å². The van der Waals surface area contributed by atoms with Crippen molar-refractivity contribution in [3.8, 4) is 0 Å². The van der Waals surface area contributed by atoms with Gasteiger partial charge >= 0.3 is 0 Å². The van der Waals surface area contributed by atoms with Gasteiger partial charge in [-0.2, -0.15) is 0 Å². The summed E-state index contributed by atoms with van der Waals surface area (Å²) in [5.41, 5.74) is 1.47. The second-order valence-corrected chi connectivity index (χ2v) is 5.51. The molecule has 0 aromatic heterocycles. The van der Waals surface area contributed by atoms with Crippen molar-refractivity contribution in [3.63, 3.8) is 0 Å². The molecule has 104 valence electrons. The van der Waals surface area contributed by atoms with Crippen LogP contribution in [0.15, 0.2) is 60.7 Å². The second kappa shape index (κ2) is 5.37. The van der Waals surface area contributed by atoms with E-state index in [1.165, 1.54) is 11.1 Å². The summed E-state index contributed by atoms with van der Waals surface area (Å²) in [6, 6.07) is 20.7. The maximum absolute atomic E-state index is 10.0. The van der Waals surface area contributed by atoms with Crippen molar-refractivity contribution in [1.29, 1.82) is 0 Å². The summed E-state index contributed by atoms with van der Waals surface area (Å²) in [6.45, 7) is 0.815. The third-order valence-electron chi connectivity index (χ3n) is 3.88. The third-order valence-corrected chi connectivity index (χ3v) is 3.88. The summed E-state index contributed by atoms with van der Waals surface area (Å²) in [7, 11) is 0. The Morgan fingerprint density at radius 1 is 0.900 bits per heavy atom. The summed E-state index contributed by atoms with van der Waals surface area (Å²) >= 11 is 0. The third kappa shape index (κ3) is 2.48. The van der Waals surface area contributed by atoms with Crippen LogP contribution in [0.1, 0.15) is 17.2 Å². The first-order chi connectivity index (χ1) is 9.72. The van der Waals surface area contributed by atoms with Crippen LogP contribution in [-0.2, 0) is 0 Å². The Bertz CT molecular complexity index is 510. The number of benzene rings is 2. The lowest BCUT2D eigenvalue weighted by Gasteiger charge is -2.49. The van der Waals surface area contributed by atoms with E-state index in [2.05, 4.69) is 29.2 Å². The molecular weight excluding hydrogens is 250 g/mol. The van der Waals surface area contributed by atoms with Gasteiger partial charge in [0.15, 0.2) is 0 Å². The van der Waals surface area contributed by atoms with Gasteiger partial charge in [0, 0.05) is 13.1 Å². The van der Waals surface area contributed by atoms with Gasteiger partial charge in [0.1, 0.15) is 5.60 Å². The Morgan fingerprint density at radius 3 is 1.75 bits per heavy atom. The van der Waals surface area contributed by atoms with Gasteiger partial charge in [0.25, 0.3) is 0 Å². The molecule has 3 heteroatoms. The predicted octanol–water partition coefficient (Wildman–Crippen LogP) is 1.82. The number of likely N-dealkylation sites (tertiary alicyclic amines) is 1. The van der Waals surface area contributed by atoms with Gasteiger partial charge in [-0.1, -0.05) is 60.7 Å². The van der Waals surface area contributed by atoms with Crippen LogP contribution in [0.4, 0.5) is 0 Å². The van der Waals surface area contributed by atoms with Crippen LogP contribution in [0.25, 0.3) is 0 Å². The number of aliphatic hydroxyl groups excluding tert-OH is 1. The number of aliphatic hydroxyl groups is 2. The Kier molecular flexibility index (Phi) is 3.57. The molecule has 0 aliphatic carbocycles. The minimum absolute atomic E-state index is 0.129. The van der Waals surface area contributed by atoms with Crippen molar-refractivity contribution >= 4 is 0 Å². The zero-order chi connectivity index (χ0) is 14.0. The zero-order valence-electron chi connectivity index (χ0n) is 11.3. The molecule has 2 aromatic carbocycles. The molecule has 2 aromatic rings. The van der Waals surface area contributed by atoms with E-state index >= 15 is 0 Å². The molecule has 1 aliphatic rings. The van der Waals surface area contributed by atoms with Crippen LogP contribution < -0.4 is 0 Å². The highest BCUT2D eigenvalue weighted by Gasteiger charge is 2.44. The summed E-state index contributed by atoms with van der Waals surface area (Å²) in [4.78, 5) is 2.20. The molecule has 1 heterocycles. The summed E-state index contributed by atoms with van der Waals surface area (Å²) in [5, 5.41) is 19.2. The van der Waals surface area contributed by atoms with Crippen molar-refractivity contribution in [2.45, 2.75) is 11.6 Å². The van der Waals surface area contributed by atoms with Crippen molar-refractivity contribution < 1.29 is 10.2 Å². The first kappa shape index (κ1) is 13.3. The first-order valence-electron chi connectivity index (χ1n) is 6.89. The number of β-amino-alcohol motifs (C(OH)–C–C–N with tert-alkyl or cyclic N) is 1. The van der Waals surface area contributed by atoms with Gasteiger partial charge in [0.05, 0.1) is 12.6 Å². The van der Waals surface area contributed by atoms with E-state index in [0.29, 0.717) is 13.1 Å². The minimum Gasteiger partial charge on any atom is -0.393 e. The lowest BCUT2D eigenvalue weighted by atomic mass is 9.88. The van der Waals surface area contributed by atoms with Crippen molar-refractivity contribution in [1.82, 2.24) is 4.90 Å². The summed E-state index contributed by atoms with van der Waals surface area (Å²) < 4.78 is 0. The second-order valence-electron chi connectivity index (χ2n) is 5.51. The quantitative estimate of drug-likeness (QED) is 0.890. The molecule has 0 radical (unpaired) electrons. The molecule has 0 spiro atoms. The van der Waals surface area contributed by atoms with E-state index in [0.717, 1.165) is 0 Å². The smallest absolute Gasteiger partial charge is 0.113 e. The molecule has 3 nitrogen and oxygen atoms in total. The topological polar surface area (TPSA) is 43.7 Å². The first-order valence-corrected chi connectivity index (χ1v) is 6.89. The van der Waals surface area contributed by atoms with Gasteiger partial charge < -0.3 is 10.2 Å². The highest BCUT2D eigenvalue weighted by molar-refractivity contribution is 5.32. The molecule has 1 saturated heterocycles. The van der Waals surface area contributed by atoms with Gasteiger partial charge in [0.2, 0.25) is 0 Å². The maximum Gasteiger partial charge on any atom is 0.113 e. The molecule has 20 heavy (non-hydrogen) atoms. The predicted molar refractivity (Wildman–Crippen MR) is 78.3 cm³/mol. The number of hydrogen-bond acceptors (Lipinski definition) is 3. The van der Waals surface area contributed by atoms with Crippen LogP contribution >= 0.6 is 0 Å². The van der Waals surface area contributed by atoms with E-state index in [9.17, 15) is 10.2 Å². The normalized spacial score (nSPS) is 17.9. The highest BCUT2D eigenvalue weighted by Crippen LogP contribution is 2.35. The summed E-state index contributed by atoms with van der Waals surface area (Å²) in [5.74, 6) is 0. The number of hydrogen-bond donors (Lipinski definition) is 2. The molecule has 2 N–H and O–H groups in total. The van der Waals surface area contributed by atoms with Crippen molar-refractivity contribution in [3.05, 3.63) is 71.8 Å². The average molecular weight is 269 g/mol. The van der Waals surface area contributed by atoms with Crippen molar-refractivity contribution in [2.75, 3.05) is 19.7 Å². The van der Waals surface area contributed by atoms with Crippen LogP contribution in [0, 0.1) is 0 Å². The maximum atomic E-state index is 10.0. The summed E-state index contributed by atoms with van der Waals surface area (Å²) in [6.07, 6.45) is 0. The Balaban J connectivity index is 1.90. The van der Waals surface area contributed by atoms with E-state index < -0.39 is 5.60 Å². The monoisotopic (exact) mass is 269 g/mol. The van der Waals surface area contributed by atoms with Crippen LogP contribution in [0.2, 0.25) is 0 Å². The highest BCUT2D eigenvalue weighted by atomic mass is 16.3. The molecule has 0 amide bonds. The zero-order valence-corrected chi connectivity index (χ0v) is 11.3. The number of rotatable bonds is 4. The van der Waals surface area contributed by atoms with Crippen LogP contribution in [0.5, 0.6) is 0 Å². The molecule has 0 unspecified atom stereocenters. The van der Waals surface area contributed by atoms with E-state index in [1.54, 1.807) is 0 Å². The molecule has 1 fully saturated rings. The molecule has 0 atom stereocenters. The average Bonchev–Trinajstić information content (AvgIpc) is 2.48. The molecule has 3 rings (SSSR count). The van der Waals surface area contributed by atoms with Gasteiger partial charge in [-0.15, -0.1) is 0 Å². The standard InChI is InChI=1S/C17H19NO2/c19-13-17(20)11-18(12-17)16(14-7-3-1-4-8-14)15-9-5-2-6-10-15/h1-10,16,19-20H,11-13H2. The van der Waals surface area contributed by atoms with E-state index in [1.807, 2.05) is 36.4 Å². The fraction of sp³-hybridized carbons (Fsp3) is 0.294. The fourth-order valence-corrected chi connectivity index (χ4v) is 2.88. The molecule has 0 saturated carbocycles. The molecular formula is C17H19NO2. The Morgan fingerprint density at radius 2 is 1.35 bits per heavy atom. The number of nitrogens with zero attached hydrogens (tertiary/aromatic N) is 1. The molecule has 1 aliphatic heterocycles. The van der Waals surface area contributed by atoms with Crippen molar-refractivity contribution in [2.24, 2.45) is 0 Å². The van der Waals surface area contributed by atoms with E-state index in [-0.39, 0.29) is 12.6 Å². The Labute approximate surface area is 119 Å². The van der Waals surface area contributed by atoms with Crippen LogP contribution in [-0.4, -0.2) is 40.4 Å². The fourth-order valence-electron chi connectivity index (χ4n) is 2.88. The van der Waals surface area contributed by atoms with Gasteiger partial charge in [-0.25, -0.2) is 0 Å². The lowest BCUT2D eigenvalue weighted by molar-refractivity contribution is -0.135. The largest absolute Gasteiger partial charge is 0.393 e. The lowest BCUT2D eigenvalue weighted by Crippen LogP contribution is -2.64. The SMILES string of the molecule is OCC1(O)CN(C(c2ccccc2)c2ccccc2)C1. The van der Waals surface area contributed by atoms with Gasteiger partial charge in [-0.05, 0) is 11.1 Å². The van der Waals surface area contributed by atoms with Crippen LogP contribution in [0.3, 0.4) is 0 Å². The Hall–Kier alpha value is -1.68. The van der Waals surface area contributed by atoms with Gasteiger partial charge in [-0.3, -0.25) is 4.90 Å². The minimum atomic E-state index is -0.943.